The summed E-state index contributed by atoms with van der Waals surface area (Å²) in [5, 5.41) is 13.5. The van der Waals surface area contributed by atoms with Crippen LogP contribution in [0.4, 0.5) is 5.13 Å². The fourth-order valence-electron chi connectivity index (χ4n) is 1.49. The van der Waals surface area contributed by atoms with E-state index in [9.17, 15) is 0 Å². The number of hydrogen-bond acceptors (Lipinski definition) is 6. The Bertz CT molecular complexity index is 675. The van der Waals surface area contributed by atoms with E-state index in [4.69, 9.17) is 17.4 Å². The van der Waals surface area contributed by atoms with Crippen LogP contribution in [0.25, 0.3) is 16.3 Å². The van der Waals surface area contributed by atoms with Crippen LogP contribution >= 0.6 is 22.9 Å². The van der Waals surface area contributed by atoms with Gasteiger partial charge in [-0.25, -0.2) is 5.84 Å². The monoisotopic (exact) mass is 266 g/mol. The van der Waals surface area contributed by atoms with Crippen molar-refractivity contribution in [2.24, 2.45) is 5.84 Å². The Balaban J connectivity index is 2.23. The van der Waals surface area contributed by atoms with Gasteiger partial charge in [0.1, 0.15) is 0 Å². The Morgan fingerprint density at radius 3 is 2.88 bits per heavy atom. The summed E-state index contributed by atoms with van der Waals surface area (Å²) in [5.41, 5.74) is 3.27. The molecule has 1 aromatic carbocycles. The van der Waals surface area contributed by atoms with Gasteiger partial charge in [0.05, 0.1) is 5.02 Å². The third kappa shape index (κ3) is 1.64. The molecule has 0 aliphatic rings. The first-order valence-corrected chi connectivity index (χ1v) is 5.93. The van der Waals surface area contributed by atoms with Crippen LogP contribution in [0.15, 0.2) is 24.3 Å². The van der Waals surface area contributed by atoms with E-state index in [-0.39, 0.29) is 0 Å². The highest BCUT2D eigenvalue weighted by atomic mass is 35.5. The van der Waals surface area contributed by atoms with Crippen LogP contribution in [0.5, 0.6) is 0 Å². The van der Waals surface area contributed by atoms with Gasteiger partial charge in [0.15, 0.2) is 5.82 Å². The molecule has 2 heterocycles. The van der Waals surface area contributed by atoms with Gasteiger partial charge >= 0.3 is 0 Å². The lowest BCUT2D eigenvalue weighted by molar-refractivity contribution is 0.963. The van der Waals surface area contributed by atoms with E-state index in [1.807, 2.05) is 18.2 Å². The fraction of sp³-hybridized carbons (Fsp3) is 0. The number of nitrogen functional groups attached to an aromatic ring is 1. The summed E-state index contributed by atoms with van der Waals surface area (Å²) in [7, 11) is 0. The maximum Gasteiger partial charge on any atom is 0.236 e. The minimum absolute atomic E-state index is 0.572. The van der Waals surface area contributed by atoms with Crippen molar-refractivity contribution in [3.8, 4) is 11.4 Å². The van der Waals surface area contributed by atoms with E-state index in [0.717, 1.165) is 5.56 Å². The highest BCUT2D eigenvalue weighted by Gasteiger charge is 2.14. The smallest absolute Gasteiger partial charge is 0.236 e. The summed E-state index contributed by atoms with van der Waals surface area (Å²) >= 11 is 7.43. The Morgan fingerprint density at radius 2 is 2.12 bits per heavy atom. The second kappa shape index (κ2) is 3.95. The molecule has 8 heteroatoms. The van der Waals surface area contributed by atoms with Gasteiger partial charge in [0, 0.05) is 5.56 Å². The average Bonchev–Trinajstić information content (AvgIpc) is 2.89. The molecule has 0 amide bonds. The number of anilines is 1. The number of aromatic nitrogens is 4. The van der Waals surface area contributed by atoms with Gasteiger partial charge in [-0.3, -0.25) is 5.43 Å². The fourth-order valence-corrected chi connectivity index (χ4v) is 2.36. The summed E-state index contributed by atoms with van der Waals surface area (Å²) < 4.78 is 1.61. The van der Waals surface area contributed by atoms with Gasteiger partial charge in [-0.1, -0.05) is 35.1 Å². The molecule has 0 saturated carbocycles. The summed E-state index contributed by atoms with van der Waals surface area (Å²) in [4.78, 5) is 0.660. The van der Waals surface area contributed by atoms with Crippen LogP contribution in [0, 0.1) is 0 Å². The van der Waals surface area contributed by atoms with Crippen LogP contribution in [0.3, 0.4) is 0 Å². The molecule has 3 N–H and O–H groups in total. The Morgan fingerprint density at radius 1 is 1.29 bits per heavy atom. The number of rotatable bonds is 2. The van der Waals surface area contributed by atoms with Gasteiger partial charge in [-0.15, -0.1) is 15.3 Å². The molecule has 0 saturated heterocycles. The zero-order valence-electron chi connectivity index (χ0n) is 8.46. The van der Waals surface area contributed by atoms with Crippen molar-refractivity contribution in [3.05, 3.63) is 29.3 Å². The lowest BCUT2D eigenvalue weighted by atomic mass is 10.2. The summed E-state index contributed by atoms with van der Waals surface area (Å²) in [6.07, 6.45) is 0. The van der Waals surface area contributed by atoms with Crippen molar-refractivity contribution in [1.82, 2.24) is 19.8 Å². The molecule has 0 fully saturated rings. The molecule has 0 bridgehead atoms. The maximum absolute atomic E-state index is 6.11. The molecule has 6 nitrogen and oxygen atoms in total. The van der Waals surface area contributed by atoms with Gasteiger partial charge in [0.2, 0.25) is 10.1 Å². The van der Waals surface area contributed by atoms with Crippen LogP contribution in [-0.4, -0.2) is 19.8 Å². The van der Waals surface area contributed by atoms with Gasteiger partial charge in [-0.05, 0) is 12.1 Å². The van der Waals surface area contributed by atoms with E-state index < -0.39 is 0 Å². The lowest BCUT2D eigenvalue weighted by Crippen LogP contribution is -2.06. The van der Waals surface area contributed by atoms with Crippen molar-refractivity contribution in [1.29, 1.82) is 0 Å². The number of nitrogens with two attached hydrogens (primary N) is 1. The van der Waals surface area contributed by atoms with Crippen molar-refractivity contribution in [2.75, 3.05) is 5.43 Å². The van der Waals surface area contributed by atoms with Crippen molar-refractivity contribution < 1.29 is 0 Å². The Hall–Kier alpha value is -1.70. The highest BCUT2D eigenvalue weighted by molar-refractivity contribution is 7.20. The van der Waals surface area contributed by atoms with Crippen LogP contribution in [0.2, 0.25) is 5.02 Å². The lowest BCUT2D eigenvalue weighted by Gasteiger charge is -1.99. The molecule has 0 spiro atoms. The third-order valence-electron chi connectivity index (χ3n) is 2.23. The van der Waals surface area contributed by atoms with E-state index in [1.54, 1.807) is 10.6 Å². The minimum atomic E-state index is 0.572. The number of hydrazine groups is 1. The molecule has 3 rings (SSSR count). The normalized spacial score (nSPS) is 10.9. The number of hydrogen-bond donors (Lipinski definition) is 2. The summed E-state index contributed by atoms with van der Waals surface area (Å²) in [5.74, 6) is 5.90. The largest absolute Gasteiger partial charge is 0.298 e. The first kappa shape index (κ1) is 10.5. The van der Waals surface area contributed by atoms with Gasteiger partial charge in [0.25, 0.3) is 0 Å². The SMILES string of the molecule is NNc1nn2c(-c3ccccc3Cl)nnc2s1. The first-order chi connectivity index (χ1) is 8.29. The molecule has 0 radical (unpaired) electrons. The number of fused-ring (bicyclic) bond motifs is 1. The zero-order chi connectivity index (χ0) is 11.8. The molecule has 86 valence electrons. The molecular weight excluding hydrogens is 260 g/mol. The van der Waals surface area contributed by atoms with Gasteiger partial charge < -0.3 is 0 Å². The minimum Gasteiger partial charge on any atom is -0.298 e. The predicted octanol–water partition coefficient (Wildman–Crippen LogP) is 1.79. The molecular formula is C9H7ClN6S. The number of benzene rings is 1. The average molecular weight is 267 g/mol. The van der Waals surface area contributed by atoms with Crippen LogP contribution < -0.4 is 11.3 Å². The first-order valence-electron chi connectivity index (χ1n) is 4.73. The molecule has 3 aromatic rings. The zero-order valence-corrected chi connectivity index (χ0v) is 10.0. The summed E-state index contributed by atoms with van der Waals surface area (Å²) in [6.45, 7) is 0. The van der Waals surface area contributed by atoms with Crippen LogP contribution in [0.1, 0.15) is 0 Å². The Labute approximate surface area is 105 Å². The maximum atomic E-state index is 6.11. The van der Waals surface area contributed by atoms with Crippen molar-refractivity contribution >= 4 is 33.0 Å². The van der Waals surface area contributed by atoms with Gasteiger partial charge in [-0.2, -0.15) is 4.52 Å². The number of nitrogens with one attached hydrogen (secondary N) is 1. The number of halogens is 1. The quantitative estimate of drug-likeness (QED) is 0.546. The standard InChI is InChI=1S/C9H7ClN6S/c10-6-4-2-1-3-5(6)7-13-14-9-16(7)15-8(12-11)17-9/h1-4H,11H2,(H,12,15). The number of nitrogens with zero attached hydrogens (tertiary/aromatic N) is 4. The second-order valence-electron chi connectivity index (χ2n) is 3.25. The third-order valence-corrected chi connectivity index (χ3v) is 3.39. The van der Waals surface area contributed by atoms with E-state index in [1.165, 1.54) is 11.3 Å². The molecule has 0 aliphatic carbocycles. The molecule has 0 unspecified atom stereocenters. The molecule has 2 aromatic heterocycles. The molecule has 0 aliphatic heterocycles. The molecule has 17 heavy (non-hydrogen) atoms. The van der Waals surface area contributed by atoms with Crippen molar-refractivity contribution in [3.63, 3.8) is 0 Å². The predicted molar refractivity (Wildman–Crippen MR) is 66.9 cm³/mol. The topological polar surface area (TPSA) is 81.1 Å². The van der Waals surface area contributed by atoms with E-state index >= 15 is 0 Å². The van der Waals surface area contributed by atoms with E-state index in [2.05, 4.69) is 20.7 Å². The van der Waals surface area contributed by atoms with E-state index in [0.29, 0.717) is 20.9 Å². The summed E-state index contributed by atoms with van der Waals surface area (Å²) in [6, 6.07) is 7.41. The molecule has 0 atom stereocenters. The Kier molecular flexibility index (Phi) is 2.43. The highest BCUT2D eigenvalue weighted by Crippen LogP contribution is 2.28. The second-order valence-corrected chi connectivity index (χ2v) is 4.61. The van der Waals surface area contributed by atoms with Crippen molar-refractivity contribution in [2.45, 2.75) is 0 Å². The van der Waals surface area contributed by atoms with Crippen LogP contribution in [-0.2, 0) is 0 Å².